The van der Waals surface area contributed by atoms with E-state index >= 15 is 0 Å². The maximum atomic E-state index is 14.0. The first-order valence-corrected chi connectivity index (χ1v) is 10.5. The number of aromatic amines is 1. The molecule has 0 aliphatic heterocycles. The topological polar surface area (TPSA) is 120 Å². The van der Waals surface area contributed by atoms with Gasteiger partial charge in [-0.25, -0.2) is 9.37 Å². The van der Waals surface area contributed by atoms with E-state index in [2.05, 4.69) is 20.4 Å². The van der Waals surface area contributed by atoms with E-state index in [1.54, 1.807) is 43.3 Å². The van der Waals surface area contributed by atoms with Gasteiger partial charge in [-0.1, -0.05) is 11.6 Å². The van der Waals surface area contributed by atoms with E-state index in [9.17, 15) is 14.0 Å². The molecule has 0 unspecified atom stereocenters. The lowest BCUT2D eigenvalue weighted by Gasteiger charge is -2.13. The number of nitriles is 1. The second-order valence-corrected chi connectivity index (χ2v) is 8.22. The summed E-state index contributed by atoms with van der Waals surface area (Å²) in [6, 6.07) is 5.90. The molecule has 2 N–H and O–H groups in total. The lowest BCUT2D eigenvalue weighted by Crippen LogP contribution is -2.36. The van der Waals surface area contributed by atoms with Crippen LogP contribution in [0.2, 0.25) is 5.02 Å². The van der Waals surface area contributed by atoms with Crippen LogP contribution in [0.4, 0.5) is 4.39 Å². The molecule has 0 aliphatic carbocycles. The van der Waals surface area contributed by atoms with Crippen molar-refractivity contribution < 1.29 is 14.0 Å². The molecule has 3 rings (SSSR count). The van der Waals surface area contributed by atoms with Gasteiger partial charge in [-0.15, -0.1) is 0 Å². The number of hydrogen-bond donors (Lipinski definition) is 2. The SMILES string of the molecule is C[C@@H](Cn1ccc(-c2cc(F)c(C#N)c(Cl)c2)n1)NC(=O)Cc1cnc(CC(=O)N(C)C)[nH]1. The van der Waals surface area contributed by atoms with Crippen LogP contribution in [0.3, 0.4) is 0 Å². The lowest BCUT2D eigenvalue weighted by atomic mass is 10.1. The van der Waals surface area contributed by atoms with E-state index in [0.717, 1.165) is 0 Å². The number of imidazole rings is 1. The Balaban J connectivity index is 1.55. The minimum atomic E-state index is -0.705. The average molecular weight is 472 g/mol. The highest BCUT2D eigenvalue weighted by Gasteiger charge is 2.15. The van der Waals surface area contributed by atoms with Gasteiger partial charge in [0.25, 0.3) is 0 Å². The number of likely N-dealkylation sites (N-methyl/N-ethyl adjacent to an activating group) is 1. The zero-order valence-electron chi connectivity index (χ0n) is 18.4. The molecule has 0 aliphatic rings. The van der Waals surface area contributed by atoms with Crippen LogP contribution in [-0.2, 0) is 29.0 Å². The van der Waals surface area contributed by atoms with Gasteiger partial charge >= 0.3 is 0 Å². The second-order valence-electron chi connectivity index (χ2n) is 7.82. The van der Waals surface area contributed by atoms with E-state index in [1.165, 1.54) is 17.0 Å². The zero-order valence-corrected chi connectivity index (χ0v) is 19.1. The third-order valence-corrected chi connectivity index (χ3v) is 5.11. The molecule has 0 saturated carbocycles. The number of nitrogens with one attached hydrogen (secondary N) is 2. The van der Waals surface area contributed by atoms with Crippen LogP contribution >= 0.6 is 11.6 Å². The minimum absolute atomic E-state index is 0.0238. The van der Waals surface area contributed by atoms with Crippen molar-refractivity contribution >= 4 is 23.4 Å². The normalized spacial score (nSPS) is 11.6. The molecule has 0 bridgehead atoms. The third kappa shape index (κ3) is 6.17. The number of aromatic nitrogens is 4. The molecule has 11 heteroatoms. The molecule has 3 aromatic rings. The summed E-state index contributed by atoms with van der Waals surface area (Å²) in [5.41, 5.74) is 1.36. The predicted octanol–water partition coefficient (Wildman–Crippen LogP) is 2.32. The summed E-state index contributed by atoms with van der Waals surface area (Å²) >= 11 is 5.97. The Morgan fingerprint density at radius 3 is 2.79 bits per heavy atom. The number of benzene rings is 1. The Morgan fingerprint density at radius 2 is 2.12 bits per heavy atom. The quantitative estimate of drug-likeness (QED) is 0.522. The standard InChI is InChI=1S/C22H23ClFN7O2/c1-13(27-21(32)8-15-11-26-20(28-15)9-22(33)30(2)3)12-31-5-4-19(29-31)14-6-17(23)16(10-25)18(24)7-14/h4-7,11,13H,8-9,12H2,1-3H3,(H,26,28)(H,27,32)/t13-/m0/s1. The van der Waals surface area contributed by atoms with Gasteiger partial charge in [0.2, 0.25) is 11.8 Å². The fraction of sp³-hybridized carbons (Fsp3) is 0.318. The van der Waals surface area contributed by atoms with Crippen molar-refractivity contribution in [2.75, 3.05) is 14.1 Å². The van der Waals surface area contributed by atoms with E-state index in [1.807, 2.05) is 6.92 Å². The van der Waals surface area contributed by atoms with Crippen LogP contribution in [0.5, 0.6) is 0 Å². The molecule has 0 fully saturated rings. The minimum Gasteiger partial charge on any atom is -0.351 e. The van der Waals surface area contributed by atoms with E-state index in [0.29, 0.717) is 29.3 Å². The van der Waals surface area contributed by atoms with Crippen molar-refractivity contribution in [3.8, 4) is 17.3 Å². The number of H-pyrrole nitrogens is 1. The van der Waals surface area contributed by atoms with Crippen molar-refractivity contribution in [1.29, 1.82) is 5.26 Å². The lowest BCUT2D eigenvalue weighted by molar-refractivity contribution is -0.128. The van der Waals surface area contributed by atoms with Crippen molar-refractivity contribution in [3.05, 3.63) is 58.5 Å². The van der Waals surface area contributed by atoms with Gasteiger partial charge in [-0.2, -0.15) is 10.4 Å². The monoisotopic (exact) mass is 471 g/mol. The smallest absolute Gasteiger partial charge is 0.229 e. The highest BCUT2D eigenvalue weighted by atomic mass is 35.5. The van der Waals surface area contributed by atoms with Gasteiger partial charge in [0, 0.05) is 43.8 Å². The fourth-order valence-electron chi connectivity index (χ4n) is 3.16. The Bertz CT molecular complexity index is 1190. The summed E-state index contributed by atoms with van der Waals surface area (Å²) in [6.45, 7) is 2.23. The van der Waals surface area contributed by atoms with Crippen LogP contribution in [0.25, 0.3) is 11.3 Å². The molecule has 0 spiro atoms. The van der Waals surface area contributed by atoms with Crippen LogP contribution < -0.4 is 5.32 Å². The molecule has 9 nitrogen and oxygen atoms in total. The van der Waals surface area contributed by atoms with Crippen molar-refractivity contribution in [1.82, 2.24) is 30.0 Å². The number of hydrogen-bond acceptors (Lipinski definition) is 5. The van der Waals surface area contributed by atoms with E-state index in [-0.39, 0.29) is 41.3 Å². The Hall–Kier alpha value is -3.71. The number of carbonyl (C=O) groups excluding carboxylic acids is 2. The molecule has 0 radical (unpaired) electrons. The molecular formula is C22H23ClFN7O2. The summed E-state index contributed by atoms with van der Waals surface area (Å²) in [7, 11) is 3.34. The van der Waals surface area contributed by atoms with E-state index < -0.39 is 5.82 Å². The number of carbonyl (C=O) groups is 2. The molecule has 2 aromatic heterocycles. The van der Waals surface area contributed by atoms with Crippen LogP contribution in [0.1, 0.15) is 24.0 Å². The summed E-state index contributed by atoms with van der Waals surface area (Å²) in [5, 5.41) is 16.2. The summed E-state index contributed by atoms with van der Waals surface area (Å²) in [6.07, 6.45) is 3.50. The van der Waals surface area contributed by atoms with E-state index in [4.69, 9.17) is 16.9 Å². The van der Waals surface area contributed by atoms with Crippen LogP contribution in [-0.4, -0.2) is 56.6 Å². The molecule has 2 amide bonds. The van der Waals surface area contributed by atoms with Gasteiger partial charge in [-0.05, 0) is 25.1 Å². The van der Waals surface area contributed by atoms with Gasteiger partial charge < -0.3 is 15.2 Å². The number of halogens is 2. The first-order valence-electron chi connectivity index (χ1n) is 10.1. The van der Waals surface area contributed by atoms with Crippen LogP contribution in [0.15, 0.2) is 30.6 Å². The number of rotatable bonds is 8. The first-order chi connectivity index (χ1) is 15.7. The molecular weight excluding hydrogens is 449 g/mol. The molecule has 0 saturated heterocycles. The third-order valence-electron chi connectivity index (χ3n) is 4.81. The Morgan fingerprint density at radius 1 is 1.36 bits per heavy atom. The maximum absolute atomic E-state index is 14.0. The van der Waals surface area contributed by atoms with Gasteiger partial charge in [-0.3, -0.25) is 14.3 Å². The maximum Gasteiger partial charge on any atom is 0.229 e. The summed E-state index contributed by atoms with van der Waals surface area (Å²) < 4.78 is 15.7. The zero-order chi connectivity index (χ0) is 24.1. The van der Waals surface area contributed by atoms with Gasteiger partial charge in [0.05, 0.1) is 30.1 Å². The van der Waals surface area contributed by atoms with Crippen LogP contribution in [0, 0.1) is 17.1 Å². The predicted molar refractivity (Wildman–Crippen MR) is 120 cm³/mol. The van der Waals surface area contributed by atoms with Crippen molar-refractivity contribution in [2.24, 2.45) is 0 Å². The van der Waals surface area contributed by atoms with Gasteiger partial charge in [0.15, 0.2) is 0 Å². The summed E-state index contributed by atoms with van der Waals surface area (Å²) in [4.78, 5) is 32.7. The molecule has 1 atom stereocenters. The molecule has 1 aromatic carbocycles. The number of nitrogens with zero attached hydrogens (tertiary/aromatic N) is 5. The van der Waals surface area contributed by atoms with Gasteiger partial charge in [0.1, 0.15) is 23.3 Å². The molecule has 2 heterocycles. The largest absolute Gasteiger partial charge is 0.351 e. The Kier molecular flexibility index (Phi) is 7.45. The summed E-state index contributed by atoms with van der Waals surface area (Å²) in [5.74, 6) is -0.486. The molecule has 33 heavy (non-hydrogen) atoms. The fourth-order valence-corrected chi connectivity index (χ4v) is 3.41. The highest BCUT2D eigenvalue weighted by Crippen LogP contribution is 2.26. The number of amides is 2. The van der Waals surface area contributed by atoms with Crippen molar-refractivity contribution in [3.63, 3.8) is 0 Å². The average Bonchev–Trinajstić information content (AvgIpc) is 3.37. The first kappa shape index (κ1) is 23.9. The van der Waals surface area contributed by atoms with Crippen molar-refractivity contribution in [2.45, 2.75) is 32.4 Å². The molecule has 172 valence electrons. The Labute approximate surface area is 195 Å². The highest BCUT2D eigenvalue weighted by molar-refractivity contribution is 6.32. The second kappa shape index (κ2) is 10.3.